The second kappa shape index (κ2) is 7.15. The average molecular weight is 343 g/mol. The van der Waals surface area contributed by atoms with Crippen LogP contribution in [0.1, 0.15) is 5.69 Å². The quantitative estimate of drug-likeness (QED) is 0.720. The van der Waals surface area contributed by atoms with Crippen molar-refractivity contribution in [2.45, 2.75) is 0 Å². The van der Waals surface area contributed by atoms with Gasteiger partial charge in [-0.05, 0) is 30.3 Å². The third kappa shape index (κ3) is 3.30. The van der Waals surface area contributed by atoms with Crippen LogP contribution in [0.4, 0.5) is 11.8 Å². The van der Waals surface area contributed by atoms with Crippen LogP contribution in [0.2, 0.25) is 0 Å². The van der Waals surface area contributed by atoms with Gasteiger partial charge in [0.1, 0.15) is 17.6 Å². The Morgan fingerprint density at radius 2 is 1.62 bits per heavy atom. The summed E-state index contributed by atoms with van der Waals surface area (Å²) in [6.45, 7) is 3.20. The second-order valence-electron chi connectivity index (χ2n) is 5.92. The van der Waals surface area contributed by atoms with Gasteiger partial charge in [-0.15, -0.1) is 0 Å². The van der Waals surface area contributed by atoms with Gasteiger partial charge in [0.15, 0.2) is 0 Å². The van der Waals surface area contributed by atoms with Crippen LogP contribution in [0.25, 0.3) is 11.4 Å². The van der Waals surface area contributed by atoms with Crippen molar-refractivity contribution in [2.75, 3.05) is 36.0 Å². The van der Waals surface area contributed by atoms with Crippen LogP contribution < -0.4 is 9.80 Å². The lowest BCUT2D eigenvalue weighted by atomic mass is 10.2. The van der Waals surface area contributed by atoms with E-state index < -0.39 is 0 Å². The molecular formula is C19H17N7. The molecule has 0 aliphatic carbocycles. The molecule has 1 aliphatic rings. The number of nitriles is 1. The molecule has 0 amide bonds. The summed E-state index contributed by atoms with van der Waals surface area (Å²) in [7, 11) is 0. The zero-order valence-electron chi connectivity index (χ0n) is 14.2. The van der Waals surface area contributed by atoms with E-state index in [4.69, 9.17) is 5.26 Å². The molecule has 0 atom stereocenters. The van der Waals surface area contributed by atoms with Crippen molar-refractivity contribution in [3.05, 3.63) is 60.6 Å². The van der Waals surface area contributed by atoms with Gasteiger partial charge < -0.3 is 9.80 Å². The van der Waals surface area contributed by atoms with Crippen molar-refractivity contribution in [3.8, 4) is 17.5 Å². The molecule has 0 unspecified atom stereocenters. The van der Waals surface area contributed by atoms with Crippen LogP contribution in [0.15, 0.2) is 54.9 Å². The molecule has 4 heterocycles. The maximum atomic E-state index is 9.01. The smallest absolute Gasteiger partial charge is 0.226 e. The minimum atomic E-state index is 0.441. The van der Waals surface area contributed by atoms with E-state index in [0.717, 1.165) is 43.4 Å². The molecule has 7 heteroatoms. The van der Waals surface area contributed by atoms with Crippen LogP contribution >= 0.6 is 0 Å². The van der Waals surface area contributed by atoms with E-state index in [1.807, 2.05) is 36.4 Å². The Morgan fingerprint density at radius 1 is 0.769 bits per heavy atom. The highest BCUT2D eigenvalue weighted by atomic mass is 15.3. The molecule has 128 valence electrons. The van der Waals surface area contributed by atoms with Gasteiger partial charge >= 0.3 is 0 Å². The number of aromatic nitrogens is 4. The average Bonchev–Trinajstić information content (AvgIpc) is 2.75. The summed E-state index contributed by atoms with van der Waals surface area (Å²) >= 11 is 0. The Bertz CT molecular complexity index is 928. The van der Waals surface area contributed by atoms with E-state index in [1.54, 1.807) is 18.5 Å². The zero-order valence-corrected chi connectivity index (χ0v) is 14.2. The molecule has 3 aromatic rings. The van der Waals surface area contributed by atoms with Crippen molar-refractivity contribution in [1.29, 1.82) is 5.26 Å². The first-order valence-corrected chi connectivity index (χ1v) is 8.45. The van der Waals surface area contributed by atoms with Gasteiger partial charge in [0.2, 0.25) is 5.95 Å². The minimum Gasteiger partial charge on any atom is -0.353 e. The van der Waals surface area contributed by atoms with Gasteiger partial charge in [-0.2, -0.15) is 5.26 Å². The van der Waals surface area contributed by atoms with E-state index in [9.17, 15) is 0 Å². The molecule has 4 rings (SSSR count). The molecule has 0 saturated carbocycles. The summed E-state index contributed by atoms with van der Waals surface area (Å²) in [5.74, 6) is 1.55. The van der Waals surface area contributed by atoms with Crippen LogP contribution in [0.3, 0.4) is 0 Å². The first kappa shape index (κ1) is 16.0. The highest BCUT2D eigenvalue weighted by Crippen LogP contribution is 2.19. The Labute approximate surface area is 151 Å². The Morgan fingerprint density at radius 3 is 2.38 bits per heavy atom. The maximum Gasteiger partial charge on any atom is 0.226 e. The van der Waals surface area contributed by atoms with Crippen LogP contribution in [0, 0.1) is 11.3 Å². The number of hydrogen-bond acceptors (Lipinski definition) is 7. The van der Waals surface area contributed by atoms with Crippen LogP contribution in [-0.2, 0) is 0 Å². The van der Waals surface area contributed by atoms with Gasteiger partial charge in [0, 0.05) is 38.6 Å². The fourth-order valence-electron chi connectivity index (χ4n) is 2.95. The normalized spacial score (nSPS) is 14.1. The Hall–Kier alpha value is -3.53. The molecule has 3 aromatic heterocycles. The molecule has 0 aromatic carbocycles. The largest absolute Gasteiger partial charge is 0.353 e. The molecule has 0 bridgehead atoms. The summed E-state index contributed by atoms with van der Waals surface area (Å²) in [6.07, 6.45) is 3.54. The molecule has 7 nitrogen and oxygen atoms in total. The van der Waals surface area contributed by atoms with E-state index in [1.165, 1.54) is 0 Å². The van der Waals surface area contributed by atoms with Crippen molar-refractivity contribution in [2.24, 2.45) is 0 Å². The van der Waals surface area contributed by atoms with Crippen molar-refractivity contribution in [3.63, 3.8) is 0 Å². The van der Waals surface area contributed by atoms with Gasteiger partial charge in [-0.1, -0.05) is 12.1 Å². The fourth-order valence-corrected chi connectivity index (χ4v) is 2.95. The summed E-state index contributed by atoms with van der Waals surface area (Å²) in [4.78, 5) is 22.2. The van der Waals surface area contributed by atoms with E-state index in [2.05, 4.69) is 35.8 Å². The summed E-state index contributed by atoms with van der Waals surface area (Å²) < 4.78 is 0. The molecule has 0 N–H and O–H groups in total. The highest BCUT2D eigenvalue weighted by molar-refractivity contribution is 5.55. The summed E-state index contributed by atoms with van der Waals surface area (Å²) in [5, 5.41) is 9.01. The minimum absolute atomic E-state index is 0.441. The third-order valence-electron chi connectivity index (χ3n) is 4.31. The molecule has 1 saturated heterocycles. The van der Waals surface area contributed by atoms with Crippen LogP contribution in [-0.4, -0.2) is 46.1 Å². The standard InChI is InChI=1S/C19H17N7/c20-14-15-4-3-6-18(23-15)25-10-12-26(13-11-25)19-22-9-7-17(24-19)16-5-1-2-8-21-16/h1-9H,10-13H2. The zero-order chi connectivity index (χ0) is 17.8. The predicted octanol–water partition coefficient (Wildman–Crippen LogP) is 2.13. The first-order chi connectivity index (χ1) is 12.8. The Balaban J connectivity index is 1.47. The van der Waals surface area contributed by atoms with Crippen LogP contribution in [0.5, 0.6) is 0 Å². The summed E-state index contributed by atoms with van der Waals surface area (Å²) in [6, 6.07) is 15.3. The topological polar surface area (TPSA) is 81.8 Å². The monoisotopic (exact) mass is 343 g/mol. The van der Waals surface area contributed by atoms with Gasteiger partial charge in [-0.3, -0.25) is 4.98 Å². The second-order valence-corrected chi connectivity index (χ2v) is 5.92. The fraction of sp³-hybridized carbons (Fsp3) is 0.211. The van der Waals surface area contributed by atoms with Crippen molar-refractivity contribution >= 4 is 11.8 Å². The molecule has 0 spiro atoms. The van der Waals surface area contributed by atoms with Crippen molar-refractivity contribution < 1.29 is 0 Å². The van der Waals surface area contributed by atoms with E-state index in [0.29, 0.717) is 11.6 Å². The number of nitrogens with zero attached hydrogens (tertiary/aromatic N) is 7. The molecular weight excluding hydrogens is 326 g/mol. The third-order valence-corrected chi connectivity index (χ3v) is 4.31. The predicted molar refractivity (Wildman–Crippen MR) is 98.6 cm³/mol. The number of piperazine rings is 1. The van der Waals surface area contributed by atoms with Gasteiger partial charge in [-0.25, -0.2) is 15.0 Å². The number of anilines is 2. The lowest BCUT2D eigenvalue weighted by Gasteiger charge is -2.35. The van der Waals surface area contributed by atoms with Crippen molar-refractivity contribution in [1.82, 2.24) is 19.9 Å². The number of rotatable bonds is 3. The number of hydrogen-bond donors (Lipinski definition) is 0. The maximum absolute atomic E-state index is 9.01. The van der Waals surface area contributed by atoms with Gasteiger partial charge in [0.25, 0.3) is 0 Å². The van der Waals surface area contributed by atoms with E-state index in [-0.39, 0.29) is 0 Å². The Kier molecular flexibility index (Phi) is 4.39. The first-order valence-electron chi connectivity index (χ1n) is 8.45. The highest BCUT2D eigenvalue weighted by Gasteiger charge is 2.20. The summed E-state index contributed by atoms with van der Waals surface area (Å²) in [5.41, 5.74) is 2.10. The molecule has 1 aliphatic heterocycles. The lowest BCUT2D eigenvalue weighted by Crippen LogP contribution is -2.47. The SMILES string of the molecule is N#Cc1cccc(N2CCN(c3nccc(-c4ccccn4)n3)CC2)n1. The molecule has 26 heavy (non-hydrogen) atoms. The van der Waals surface area contributed by atoms with Gasteiger partial charge in [0.05, 0.1) is 11.4 Å². The molecule has 0 radical (unpaired) electrons. The van der Waals surface area contributed by atoms with E-state index >= 15 is 0 Å². The lowest BCUT2D eigenvalue weighted by molar-refractivity contribution is 0.634. The number of pyridine rings is 2. The molecule has 1 fully saturated rings.